The highest BCUT2D eigenvalue weighted by Crippen LogP contribution is 2.31. The van der Waals surface area contributed by atoms with E-state index in [4.69, 9.17) is 11.6 Å². The maximum atomic E-state index is 5.96. The monoisotopic (exact) mass is 415 g/mol. The highest BCUT2D eigenvalue weighted by atomic mass is 79.9. The van der Waals surface area contributed by atoms with Crippen LogP contribution in [0.5, 0.6) is 0 Å². The summed E-state index contributed by atoms with van der Waals surface area (Å²) in [5.41, 5.74) is 2.35. The molecular formula is C16H16Br2ClN. The first-order valence-corrected chi connectivity index (χ1v) is 8.53. The van der Waals surface area contributed by atoms with Crippen molar-refractivity contribution in [3.63, 3.8) is 0 Å². The second-order valence-electron chi connectivity index (χ2n) is 4.66. The summed E-state index contributed by atoms with van der Waals surface area (Å²) in [5.74, 6) is 0. The van der Waals surface area contributed by atoms with Gasteiger partial charge in [-0.3, -0.25) is 0 Å². The van der Waals surface area contributed by atoms with E-state index in [1.165, 1.54) is 5.56 Å². The van der Waals surface area contributed by atoms with Crippen molar-refractivity contribution in [1.29, 1.82) is 0 Å². The van der Waals surface area contributed by atoms with Gasteiger partial charge in [0.1, 0.15) is 0 Å². The van der Waals surface area contributed by atoms with Crippen molar-refractivity contribution >= 4 is 49.1 Å². The molecule has 0 fully saturated rings. The Morgan fingerprint density at radius 2 is 1.80 bits per heavy atom. The Balaban J connectivity index is 2.22. The predicted molar refractivity (Wildman–Crippen MR) is 94.6 cm³/mol. The Labute approximate surface area is 142 Å². The molecule has 0 aliphatic heterocycles. The zero-order chi connectivity index (χ0) is 14.5. The van der Waals surface area contributed by atoms with E-state index < -0.39 is 0 Å². The van der Waals surface area contributed by atoms with Gasteiger partial charge in [-0.25, -0.2) is 0 Å². The molecule has 1 atom stereocenters. The number of rotatable bonds is 5. The van der Waals surface area contributed by atoms with Gasteiger partial charge < -0.3 is 5.32 Å². The molecule has 0 bridgehead atoms. The second-order valence-corrected chi connectivity index (χ2v) is 6.87. The van der Waals surface area contributed by atoms with Crippen LogP contribution in [0.25, 0.3) is 0 Å². The third-order valence-corrected chi connectivity index (χ3v) is 4.51. The summed E-state index contributed by atoms with van der Waals surface area (Å²) in [4.78, 5) is 0. The molecule has 20 heavy (non-hydrogen) atoms. The average molecular weight is 418 g/mol. The molecule has 4 heteroatoms. The molecule has 106 valence electrons. The van der Waals surface area contributed by atoms with Crippen molar-refractivity contribution in [3.8, 4) is 0 Å². The standard InChI is InChI=1S/C16H16Br2ClN/c1-2-3-15(11-4-7-13(19)8-5-11)20-16-9-6-12(17)10-14(16)18/h4-10,15,20H,2-3H2,1H3. The molecule has 0 saturated heterocycles. The van der Waals surface area contributed by atoms with Gasteiger partial charge in [-0.15, -0.1) is 0 Å². The van der Waals surface area contributed by atoms with Gasteiger partial charge in [-0.1, -0.05) is 53.0 Å². The van der Waals surface area contributed by atoms with Crippen LogP contribution in [0.15, 0.2) is 51.4 Å². The molecule has 0 aliphatic rings. The Morgan fingerprint density at radius 3 is 2.40 bits per heavy atom. The molecule has 1 unspecified atom stereocenters. The van der Waals surface area contributed by atoms with E-state index >= 15 is 0 Å². The van der Waals surface area contributed by atoms with Crippen molar-refractivity contribution in [1.82, 2.24) is 0 Å². The maximum Gasteiger partial charge on any atom is 0.0514 e. The minimum atomic E-state index is 0.287. The van der Waals surface area contributed by atoms with Gasteiger partial charge in [0.15, 0.2) is 0 Å². The van der Waals surface area contributed by atoms with Crippen LogP contribution in [0.1, 0.15) is 31.4 Å². The molecule has 0 aromatic heterocycles. The lowest BCUT2D eigenvalue weighted by Gasteiger charge is -2.21. The Kier molecular flexibility index (Phi) is 5.94. The lowest BCUT2D eigenvalue weighted by atomic mass is 10.0. The number of nitrogens with one attached hydrogen (secondary N) is 1. The van der Waals surface area contributed by atoms with Crippen LogP contribution in [-0.2, 0) is 0 Å². The summed E-state index contributed by atoms with van der Waals surface area (Å²) in [6, 6.07) is 14.5. The third kappa shape index (κ3) is 4.24. The minimum absolute atomic E-state index is 0.287. The van der Waals surface area contributed by atoms with Crippen LogP contribution < -0.4 is 5.32 Å². The highest BCUT2D eigenvalue weighted by molar-refractivity contribution is 9.11. The molecule has 0 heterocycles. The fourth-order valence-corrected chi connectivity index (χ4v) is 3.39. The maximum absolute atomic E-state index is 5.96. The first-order valence-electron chi connectivity index (χ1n) is 6.57. The van der Waals surface area contributed by atoms with Gasteiger partial charge in [0.25, 0.3) is 0 Å². The molecule has 0 spiro atoms. The van der Waals surface area contributed by atoms with E-state index in [0.29, 0.717) is 0 Å². The molecule has 1 nitrogen and oxygen atoms in total. The quantitative estimate of drug-likeness (QED) is 0.563. The molecule has 2 rings (SSSR count). The molecule has 0 aliphatic carbocycles. The van der Waals surface area contributed by atoms with Crippen LogP contribution in [0, 0.1) is 0 Å². The molecular weight excluding hydrogens is 401 g/mol. The van der Waals surface area contributed by atoms with E-state index in [9.17, 15) is 0 Å². The number of benzene rings is 2. The zero-order valence-electron chi connectivity index (χ0n) is 11.2. The molecule has 2 aromatic carbocycles. The molecule has 0 saturated carbocycles. The van der Waals surface area contributed by atoms with Crippen LogP contribution in [-0.4, -0.2) is 0 Å². The van der Waals surface area contributed by atoms with Gasteiger partial charge in [-0.05, 0) is 58.2 Å². The van der Waals surface area contributed by atoms with Crippen LogP contribution in [0.3, 0.4) is 0 Å². The van der Waals surface area contributed by atoms with Gasteiger partial charge in [-0.2, -0.15) is 0 Å². The largest absolute Gasteiger partial charge is 0.377 e. The lowest BCUT2D eigenvalue weighted by molar-refractivity contribution is 0.677. The minimum Gasteiger partial charge on any atom is -0.377 e. The Hall–Kier alpha value is -0.510. The predicted octanol–water partition coefficient (Wildman–Crippen LogP) is 6.82. The SMILES string of the molecule is CCCC(Nc1ccc(Br)cc1Br)c1ccc(Cl)cc1. The average Bonchev–Trinajstić information content (AvgIpc) is 2.42. The number of anilines is 1. The van der Waals surface area contributed by atoms with Crippen molar-refractivity contribution in [2.45, 2.75) is 25.8 Å². The highest BCUT2D eigenvalue weighted by Gasteiger charge is 2.12. The molecule has 0 radical (unpaired) electrons. The Morgan fingerprint density at radius 1 is 1.10 bits per heavy atom. The van der Waals surface area contributed by atoms with Crippen LogP contribution in [0.2, 0.25) is 5.02 Å². The van der Waals surface area contributed by atoms with Crippen LogP contribution in [0.4, 0.5) is 5.69 Å². The van der Waals surface area contributed by atoms with Crippen LogP contribution >= 0.6 is 43.5 Å². The van der Waals surface area contributed by atoms with Crippen molar-refractivity contribution in [2.24, 2.45) is 0 Å². The first kappa shape index (κ1) is 15.9. The fourth-order valence-electron chi connectivity index (χ4n) is 2.10. The van der Waals surface area contributed by atoms with Gasteiger partial charge in [0.05, 0.1) is 6.04 Å². The van der Waals surface area contributed by atoms with E-state index in [0.717, 1.165) is 32.5 Å². The van der Waals surface area contributed by atoms with Gasteiger partial charge in [0, 0.05) is 19.7 Å². The molecule has 1 N–H and O–H groups in total. The number of hydrogen-bond donors (Lipinski definition) is 1. The van der Waals surface area contributed by atoms with E-state index in [-0.39, 0.29) is 6.04 Å². The topological polar surface area (TPSA) is 12.0 Å². The number of hydrogen-bond acceptors (Lipinski definition) is 1. The van der Waals surface area contributed by atoms with Crippen molar-refractivity contribution in [2.75, 3.05) is 5.32 Å². The summed E-state index contributed by atoms with van der Waals surface area (Å²) in [6.07, 6.45) is 2.19. The van der Waals surface area contributed by atoms with E-state index in [2.05, 4.69) is 62.3 Å². The lowest BCUT2D eigenvalue weighted by Crippen LogP contribution is -2.10. The summed E-state index contributed by atoms with van der Waals surface area (Å²) in [5, 5.41) is 4.37. The smallest absolute Gasteiger partial charge is 0.0514 e. The normalized spacial score (nSPS) is 12.2. The third-order valence-electron chi connectivity index (χ3n) is 3.11. The summed E-state index contributed by atoms with van der Waals surface area (Å²) >= 11 is 13.0. The zero-order valence-corrected chi connectivity index (χ0v) is 15.1. The summed E-state index contributed by atoms with van der Waals surface area (Å²) in [7, 11) is 0. The Bertz CT molecular complexity index is 569. The summed E-state index contributed by atoms with van der Waals surface area (Å²) < 4.78 is 2.12. The van der Waals surface area contributed by atoms with E-state index in [1.54, 1.807) is 0 Å². The van der Waals surface area contributed by atoms with E-state index in [1.807, 2.05) is 24.3 Å². The molecule has 0 amide bonds. The van der Waals surface area contributed by atoms with Gasteiger partial charge >= 0.3 is 0 Å². The van der Waals surface area contributed by atoms with Crippen molar-refractivity contribution in [3.05, 3.63) is 62.0 Å². The summed E-state index contributed by atoms with van der Waals surface area (Å²) in [6.45, 7) is 2.20. The molecule has 2 aromatic rings. The second kappa shape index (κ2) is 7.48. The first-order chi connectivity index (χ1) is 9.60. The van der Waals surface area contributed by atoms with Crippen molar-refractivity contribution < 1.29 is 0 Å². The number of halogens is 3. The van der Waals surface area contributed by atoms with Gasteiger partial charge in [0.2, 0.25) is 0 Å². The fraction of sp³-hybridized carbons (Fsp3) is 0.250.